The molecule has 0 saturated carbocycles. The van der Waals surface area contributed by atoms with Gasteiger partial charge in [0, 0.05) is 19.1 Å². The molecule has 2 aliphatic heterocycles. The van der Waals surface area contributed by atoms with Gasteiger partial charge < -0.3 is 10.2 Å². The van der Waals surface area contributed by atoms with Gasteiger partial charge in [0.2, 0.25) is 0 Å². The lowest BCUT2D eigenvalue weighted by Crippen LogP contribution is -2.41. The Labute approximate surface area is 121 Å². The van der Waals surface area contributed by atoms with Crippen LogP contribution in [0.25, 0.3) is 0 Å². The molecular weight excluding hydrogens is 254 g/mol. The third kappa shape index (κ3) is 2.97. The van der Waals surface area contributed by atoms with Crippen LogP contribution in [-0.2, 0) is 4.79 Å². The second-order valence-corrected chi connectivity index (χ2v) is 6.86. The van der Waals surface area contributed by atoms with Crippen LogP contribution in [0.15, 0.2) is 0 Å². The van der Waals surface area contributed by atoms with Gasteiger partial charge in [0.25, 0.3) is 5.91 Å². The zero-order valence-corrected chi connectivity index (χ0v) is 13.1. The van der Waals surface area contributed by atoms with Crippen LogP contribution < -0.4 is 5.32 Å². The molecule has 2 heterocycles. The maximum absolute atomic E-state index is 12.1. The first kappa shape index (κ1) is 15.3. The molecule has 3 amide bonds. The molecule has 5 nitrogen and oxygen atoms in total. The van der Waals surface area contributed by atoms with Crippen LogP contribution in [0.5, 0.6) is 0 Å². The smallest absolute Gasteiger partial charge is 0.324 e. The Kier molecular flexibility index (Phi) is 4.37. The van der Waals surface area contributed by atoms with Crippen molar-refractivity contribution in [3.05, 3.63) is 0 Å². The summed E-state index contributed by atoms with van der Waals surface area (Å²) >= 11 is 0. The SMILES string of the molecule is CC(C)[C@@H]1CCCN1CCCN1C(=O)NC(C)(C)C1=O. The van der Waals surface area contributed by atoms with E-state index in [4.69, 9.17) is 0 Å². The van der Waals surface area contributed by atoms with Crippen molar-refractivity contribution in [1.82, 2.24) is 15.1 Å². The normalized spacial score (nSPS) is 26.6. The van der Waals surface area contributed by atoms with Crippen LogP contribution in [-0.4, -0.2) is 53.0 Å². The monoisotopic (exact) mass is 281 g/mol. The predicted molar refractivity (Wildman–Crippen MR) is 78.4 cm³/mol. The maximum atomic E-state index is 12.1. The van der Waals surface area contributed by atoms with Crippen LogP contribution in [0.4, 0.5) is 4.79 Å². The van der Waals surface area contributed by atoms with Crippen molar-refractivity contribution in [2.75, 3.05) is 19.6 Å². The molecule has 0 aliphatic carbocycles. The lowest BCUT2D eigenvalue weighted by molar-refractivity contribution is -0.130. The molecular formula is C15H27N3O2. The van der Waals surface area contributed by atoms with Gasteiger partial charge in [-0.3, -0.25) is 9.69 Å². The Morgan fingerprint density at radius 1 is 1.30 bits per heavy atom. The first-order valence-electron chi connectivity index (χ1n) is 7.71. The zero-order valence-electron chi connectivity index (χ0n) is 13.1. The van der Waals surface area contributed by atoms with E-state index in [0.29, 0.717) is 18.5 Å². The largest absolute Gasteiger partial charge is 0.325 e. The van der Waals surface area contributed by atoms with Gasteiger partial charge >= 0.3 is 6.03 Å². The van der Waals surface area contributed by atoms with Crippen molar-refractivity contribution in [3.63, 3.8) is 0 Å². The highest BCUT2D eigenvalue weighted by atomic mass is 16.2. The van der Waals surface area contributed by atoms with Crippen LogP contribution >= 0.6 is 0 Å². The number of imide groups is 1. The molecule has 2 fully saturated rings. The van der Waals surface area contributed by atoms with E-state index in [1.807, 2.05) is 0 Å². The van der Waals surface area contributed by atoms with Crippen LogP contribution in [0.3, 0.4) is 0 Å². The van der Waals surface area contributed by atoms with Crippen molar-refractivity contribution in [3.8, 4) is 0 Å². The number of rotatable bonds is 5. The van der Waals surface area contributed by atoms with Gasteiger partial charge in [-0.25, -0.2) is 4.79 Å². The van der Waals surface area contributed by atoms with Crippen molar-refractivity contribution in [2.24, 2.45) is 5.92 Å². The van der Waals surface area contributed by atoms with Crippen molar-refractivity contribution >= 4 is 11.9 Å². The Balaban J connectivity index is 1.82. The van der Waals surface area contributed by atoms with Crippen molar-refractivity contribution in [1.29, 1.82) is 0 Å². The fraction of sp³-hybridized carbons (Fsp3) is 0.867. The summed E-state index contributed by atoms with van der Waals surface area (Å²) in [5, 5.41) is 2.72. The quantitative estimate of drug-likeness (QED) is 0.782. The molecule has 0 aromatic heterocycles. The fourth-order valence-electron chi connectivity index (χ4n) is 3.34. The van der Waals surface area contributed by atoms with Gasteiger partial charge in [-0.2, -0.15) is 0 Å². The summed E-state index contributed by atoms with van der Waals surface area (Å²) in [4.78, 5) is 27.7. The van der Waals surface area contributed by atoms with E-state index >= 15 is 0 Å². The molecule has 5 heteroatoms. The van der Waals surface area contributed by atoms with E-state index in [0.717, 1.165) is 19.5 Å². The van der Waals surface area contributed by atoms with Crippen LogP contribution in [0, 0.1) is 5.92 Å². The lowest BCUT2D eigenvalue weighted by Gasteiger charge is -2.28. The molecule has 2 saturated heterocycles. The van der Waals surface area contributed by atoms with E-state index < -0.39 is 5.54 Å². The number of hydrogen-bond acceptors (Lipinski definition) is 3. The molecule has 20 heavy (non-hydrogen) atoms. The van der Waals surface area contributed by atoms with E-state index in [9.17, 15) is 9.59 Å². The summed E-state index contributed by atoms with van der Waals surface area (Å²) in [6.45, 7) is 10.7. The Bertz CT molecular complexity index is 393. The summed E-state index contributed by atoms with van der Waals surface area (Å²) in [5.74, 6) is 0.567. The van der Waals surface area contributed by atoms with Crippen molar-refractivity contribution in [2.45, 2.75) is 58.5 Å². The second kappa shape index (κ2) is 5.72. The minimum absolute atomic E-state index is 0.107. The molecule has 0 aromatic rings. The number of urea groups is 1. The topological polar surface area (TPSA) is 52.6 Å². The highest BCUT2D eigenvalue weighted by Crippen LogP contribution is 2.24. The molecule has 0 aromatic carbocycles. The van der Waals surface area contributed by atoms with Gasteiger partial charge in [-0.05, 0) is 45.6 Å². The first-order chi connectivity index (χ1) is 9.33. The van der Waals surface area contributed by atoms with Gasteiger partial charge in [0.1, 0.15) is 5.54 Å². The van der Waals surface area contributed by atoms with Crippen molar-refractivity contribution < 1.29 is 9.59 Å². The number of hydrogen-bond donors (Lipinski definition) is 1. The minimum atomic E-state index is -0.745. The molecule has 0 bridgehead atoms. The van der Waals surface area contributed by atoms with Gasteiger partial charge in [0.05, 0.1) is 0 Å². The Morgan fingerprint density at radius 2 is 2.00 bits per heavy atom. The summed E-state index contributed by atoms with van der Waals surface area (Å²) in [6, 6.07) is 0.413. The lowest BCUT2D eigenvalue weighted by atomic mass is 10.0. The van der Waals surface area contributed by atoms with Crippen LogP contribution in [0.2, 0.25) is 0 Å². The number of likely N-dealkylation sites (tertiary alicyclic amines) is 1. The fourth-order valence-corrected chi connectivity index (χ4v) is 3.34. The average Bonchev–Trinajstić information content (AvgIpc) is 2.87. The Morgan fingerprint density at radius 3 is 2.55 bits per heavy atom. The Hall–Kier alpha value is -1.10. The molecule has 0 radical (unpaired) electrons. The third-order valence-corrected chi connectivity index (χ3v) is 4.46. The maximum Gasteiger partial charge on any atom is 0.325 e. The number of carbonyl (C=O) groups excluding carboxylic acids is 2. The number of amides is 3. The number of nitrogens with zero attached hydrogens (tertiary/aromatic N) is 2. The van der Waals surface area contributed by atoms with Gasteiger partial charge in [-0.15, -0.1) is 0 Å². The molecule has 1 N–H and O–H groups in total. The van der Waals surface area contributed by atoms with Crippen LogP contribution in [0.1, 0.15) is 47.0 Å². The van der Waals surface area contributed by atoms with Gasteiger partial charge in [0.15, 0.2) is 0 Å². The van der Waals surface area contributed by atoms with E-state index in [1.165, 1.54) is 17.7 Å². The molecule has 0 unspecified atom stereocenters. The summed E-state index contributed by atoms with van der Waals surface area (Å²) in [7, 11) is 0. The van der Waals surface area contributed by atoms with E-state index in [1.54, 1.807) is 13.8 Å². The van der Waals surface area contributed by atoms with E-state index in [-0.39, 0.29) is 11.9 Å². The predicted octanol–water partition coefficient (Wildman–Crippen LogP) is 1.83. The molecule has 2 aliphatic rings. The summed E-state index contributed by atoms with van der Waals surface area (Å²) < 4.78 is 0. The average molecular weight is 281 g/mol. The standard InChI is InChI=1S/C15H27N3O2/c1-11(2)12-7-5-8-17(12)9-6-10-18-13(19)15(3,4)16-14(18)20/h11-12H,5-10H2,1-4H3,(H,16,20)/t12-/m0/s1. The van der Waals surface area contributed by atoms with E-state index in [2.05, 4.69) is 24.1 Å². The highest BCUT2D eigenvalue weighted by molar-refractivity contribution is 6.06. The molecule has 114 valence electrons. The molecule has 1 atom stereocenters. The highest BCUT2D eigenvalue weighted by Gasteiger charge is 2.43. The second-order valence-electron chi connectivity index (χ2n) is 6.86. The number of nitrogens with one attached hydrogen (secondary N) is 1. The number of carbonyl (C=O) groups is 2. The summed E-state index contributed by atoms with van der Waals surface area (Å²) in [5.41, 5.74) is -0.745. The zero-order chi connectivity index (χ0) is 14.9. The molecule has 2 rings (SSSR count). The van der Waals surface area contributed by atoms with Gasteiger partial charge in [-0.1, -0.05) is 13.8 Å². The third-order valence-electron chi connectivity index (χ3n) is 4.46. The minimum Gasteiger partial charge on any atom is -0.324 e. The molecule has 0 spiro atoms. The summed E-state index contributed by atoms with van der Waals surface area (Å²) in [6.07, 6.45) is 3.39. The first-order valence-corrected chi connectivity index (χ1v) is 7.71.